The van der Waals surface area contributed by atoms with Crippen molar-refractivity contribution in [2.75, 3.05) is 6.54 Å². The van der Waals surface area contributed by atoms with Crippen LogP contribution in [0.25, 0.3) is 0 Å². The van der Waals surface area contributed by atoms with Crippen LogP contribution in [0.3, 0.4) is 0 Å². The minimum atomic E-state index is -1.44. The number of urea groups is 1. The van der Waals surface area contributed by atoms with E-state index < -0.39 is 17.5 Å². The van der Waals surface area contributed by atoms with E-state index in [0.29, 0.717) is 17.3 Å². The summed E-state index contributed by atoms with van der Waals surface area (Å²) in [5, 5.41) is 7.62. The van der Waals surface area contributed by atoms with E-state index in [1.807, 2.05) is 24.3 Å². The summed E-state index contributed by atoms with van der Waals surface area (Å²) in [6.07, 6.45) is 8.14. The number of benzene rings is 1. The fraction of sp³-hybridized carbons (Fsp3) is 0.400. The fourth-order valence-electron chi connectivity index (χ4n) is 4.11. The van der Waals surface area contributed by atoms with Crippen LogP contribution in [0.15, 0.2) is 36.7 Å². The normalized spacial score (nSPS) is 22.2. The summed E-state index contributed by atoms with van der Waals surface area (Å²) in [5.74, 6) is 0.0955. The second-order valence-corrected chi connectivity index (χ2v) is 7.46. The molecule has 4 rings (SSSR count). The van der Waals surface area contributed by atoms with Gasteiger partial charge in [-0.15, -0.1) is 0 Å². The first-order valence-electron chi connectivity index (χ1n) is 9.49. The van der Waals surface area contributed by atoms with Crippen LogP contribution in [0.4, 0.5) is 4.79 Å². The van der Waals surface area contributed by atoms with Crippen LogP contribution in [-0.2, 0) is 17.4 Å². The summed E-state index contributed by atoms with van der Waals surface area (Å²) in [5.41, 5.74) is 0.344. The first kappa shape index (κ1) is 18.2. The lowest BCUT2D eigenvalue weighted by Gasteiger charge is -2.25. The molecule has 146 valence electrons. The molecule has 2 heterocycles. The van der Waals surface area contributed by atoms with E-state index in [2.05, 4.69) is 20.9 Å². The molecule has 1 unspecified atom stereocenters. The molecule has 2 aliphatic rings. The molecule has 8 nitrogen and oxygen atoms in total. The largest absolute Gasteiger partial charge is 0.349 e. The van der Waals surface area contributed by atoms with Gasteiger partial charge in [-0.25, -0.2) is 9.78 Å². The van der Waals surface area contributed by atoms with Crippen LogP contribution in [0, 0.1) is 0 Å². The Kier molecular flexibility index (Phi) is 4.62. The summed E-state index contributed by atoms with van der Waals surface area (Å²) >= 11 is 0. The molecule has 4 amide bonds. The zero-order valence-electron chi connectivity index (χ0n) is 15.7. The fourth-order valence-corrected chi connectivity index (χ4v) is 4.11. The van der Waals surface area contributed by atoms with Crippen LogP contribution in [0.2, 0.25) is 0 Å². The van der Waals surface area contributed by atoms with Crippen molar-refractivity contribution < 1.29 is 14.4 Å². The summed E-state index contributed by atoms with van der Waals surface area (Å²) in [7, 11) is 1.73. The quantitative estimate of drug-likeness (QED) is 0.683. The van der Waals surface area contributed by atoms with Crippen molar-refractivity contribution >= 4 is 17.8 Å². The summed E-state index contributed by atoms with van der Waals surface area (Å²) in [4.78, 5) is 41.1. The minimum absolute atomic E-state index is 0.0986. The average Bonchev–Trinajstić information content (AvgIpc) is 3.41. The third kappa shape index (κ3) is 3.15. The molecule has 1 aliphatic heterocycles. The van der Waals surface area contributed by atoms with Gasteiger partial charge in [0.1, 0.15) is 5.82 Å². The number of imidazole rings is 1. The van der Waals surface area contributed by atoms with Crippen molar-refractivity contribution in [1.29, 1.82) is 0 Å². The summed E-state index contributed by atoms with van der Waals surface area (Å²) in [6.45, 7) is -0.0986. The maximum atomic E-state index is 12.6. The Bertz CT molecular complexity index is 914. The number of nitrogens with zero attached hydrogens (tertiary/aromatic N) is 2. The Morgan fingerprint density at radius 1 is 1.25 bits per heavy atom. The number of nitrogens with one attached hydrogen (secondary N) is 3. The molecule has 1 aromatic carbocycles. The van der Waals surface area contributed by atoms with Gasteiger partial charge < -0.3 is 15.2 Å². The number of carbonyl (C=O) groups excluding carboxylic acids is 3. The third-order valence-corrected chi connectivity index (χ3v) is 5.66. The highest BCUT2D eigenvalue weighted by atomic mass is 16.2. The van der Waals surface area contributed by atoms with Crippen LogP contribution < -0.4 is 16.0 Å². The van der Waals surface area contributed by atoms with E-state index in [4.69, 9.17) is 0 Å². The first-order chi connectivity index (χ1) is 13.5. The summed E-state index contributed by atoms with van der Waals surface area (Å²) < 4.78 is 1.65. The van der Waals surface area contributed by atoms with Crippen molar-refractivity contribution in [3.05, 3.63) is 53.6 Å². The minimum Gasteiger partial charge on any atom is -0.349 e. The van der Waals surface area contributed by atoms with E-state index >= 15 is 0 Å². The number of carbonyl (C=O) groups is 3. The molecule has 1 atom stereocenters. The average molecular weight is 381 g/mol. The lowest BCUT2D eigenvalue weighted by Crippen LogP contribution is -2.54. The van der Waals surface area contributed by atoms with Gasteiger partial charge in [-0.3, -0.25) is 14.9 Å². The molecule has 1 aliphatic carbocycles. The van der Waals surface area contributed by atoms with Crippen LogP contribution in [-0.4, -0.2) is 33.9 Å². The van der Waals surface area contributed by atoms with Crippen LogP contribution in [0.5, 0.6) is 0 Å². The number of amides is 4. The Labute approximate surface area is 162 Å². The number of hydrogen-bond acceptors (Lipinski definition) is 4. The third-order valence-electron chi connectivity index (χ3n) is 5.66. The molecule has 2 fully saturated rings. The van der Waals surface area contributed by atoms with Gasteiger partial charge in [-0.2, -0.15) is 0 Å². The maximum Gasteiger partial charge on any atom is 0.322 e. The second-order valence-electron chi connectivity index (χ2n) is 7.46. The van der Waals surface area contributed by atoms with Gasteiger partial charge in [0.15, 0.2) is 5.54 Å². The molecule has 0 radical (unpaired) electrons. The molecule has 0 bridgehead atoms. The molecule has 8 heteroatoms. The molecule has 1 saturated heterocycles. The molecule has 0 spiro atoms. The van der Waals surface area contributed by atoms with Crippen LogP contribution in [0.1, 0.15) is 53.3 Å². The molecule has 1 aromatic heterocycles. The van der Waals surface area contributed by atoms with Crippen LogP contribution >= 0.6 is 0 Å². The lowest BCUT2D eigenvalue weighted by molar-refractivity contribution is -0.124. The van der Waals surface area contributed by atoms with Crippen molar-refractivity contribution in [3.8, 4) is 0 Å². The topological polar surface area (TPSA) is 105 Å². The Morgan fingerprint density at radius 2 is 1.96 bits per heavy atom. The Morgan fingerprint density at radius 3 is 2.54 bits per heavy atom. The van der Waals surface area contributed by atoms with E-state index in [9.17, 15) is 14.4 Å². The predicted molar refractivity (Wildman–Crippen MR) is 102 cm³/mol. The first-order valence-corrected chi connectivity index (χ1v) is 9.49. The highest BCUT2D eigenvalue weighted by Gasteiger charge is 2.50. The number of rotatable bonds is 5. The van der Waals surface area contributed by atoms with Gasteiger partial charge in [0.2, 0.25) is 0 Å². The van der Waals surface area contributed by atoms with Gasteiger partial charge >= 0.3 is 6.03 Å². The zero-order valence-corrected chi connectivity index (χ0v) is 15.7. The second kappa shape index (κ2) is 7.10. The Hall–Kier alpha value is -3.16. The number of aromatic nitrogens is 2. The van der Waals surface area contributed by atoms with Gasteiger partial charge in [-0.1, -0.05) is 25.0 Å². The standard InChI is InChI=1S/C20H23N5O3/c1-25-11-10-21-17(25)20(18(27)23-19(28)24-20)12-22-16(26)15-8-6-14(7-9-15)13-4-2-3-5-13/h6-11,13H,2-5,12H2,1H3,(H,22,26)(H2,23,24,27,28). The monoisotopic (exact) mass is 381 g/mol. The SMILES string of the molecule is Cn1ccnc1C1(CNC(=O)c2ccc(C3CCCC3)cc2)NC(=O)NC1=O. The Balaban J connectivity index is 1.50. The van der Waals surface area contributed by atoms with Crippen molar-refractivity contribution in [2.45, 2.75) is 37.1 Å². The highest BCUT2D eigenvalue weighted by molar-refractivity contribution is 6.07. The van der Waals surface area contributed by atoms with E-state index in [1.165, 1.54) is 31.2 Å². The van der Waals surface area contributed by atoms with Gasteiger partial charge in [-0.05, 0) is 36.5 Å². The number of aryl methyl sites for hydroxylation is 1. The maximum absolute atomic E-state index is 12.6. The van der Waals surface area contributed by atoms with Crippen molar-refractivity contribution in [3.63, 3.8) is 0 Å². The predicted octanol–water partition coefficient (Wildman–Crippen LogP) is 1.54. The van der Waals surface area contributed by atoms with Gasteiger partial charge in [0.25, 0.3) is 11.8 Å². The van der Waals surface area contributed by atoms with E-state index in [0.717, 1.165) is 0 Å². The molecule has 28 heavy (non-hydrogen) atoms. The number of hydrogen-bond donors (Lipinski definition) is 3. The zero-order chi connectivity index (χ0) is 19.7. The van der Waals surface area contributed by atoms with Gasteiger partial charge in [0.05, 0.1) is 6.54 Å². The van der Waals surface area contributed by atoms with E-state index in [1.54, 1.807) is 24.0 Å². The summed E-state index contributed by atoms with van der Waals surface area (Å²) in [6, 6.07) is 7.02. The van der Waals surface area contributed by atoms with Gasteiger partial charge in [0, 0.05) is 25.0 Å². The molecular weight excluding hydrogens is 358 g/mol. The van der Waals surface area contributed by atoms with Crippen molar-refractivity contribution in [2.24, 2.45) is 7.05 Å². The molecular formula is C20H23N5O3. The molecule has 2 aromatic rings. The smallest absolute Gasteiger partial charge is 0.322 e. The molecule has 3 N–H and O–H groups in total. The van der Waals surface area contributed by atoms with Crippen molar-refractivity contribution in [1.82, 2.24) is 25.5 Å². The molecule has 1 saturated carbocycles. The highest BCUT2D eigenvalue weighted by Crippen LogP contribution is 2.34. The lowest BCUT2D eigenvalue weighted by atomic mass is 9.96. The number of imide groups is 1. The van der Waals surface area contributed by atoms with E-state index in [-0.39, 0.29) is 12.5 Å².